The van der Waals surface area contributed by atoms with Crippen molar-refractivity contribution in [3.63, 3.8) is 0 Å². The number of benzene rings is 2. The molecule has 0 saturated carbocycles. The van der Waals surface area contributed by atoms with E-state index in [0.29, 0.717) is 10.6 Å². The van der Waals surface area contributed by atoms with Crippen molar-refractivity contribution in [2.75, 3.05) is 0 Å². The van der Waals surface area contributed by atoms with Crippen LogP contribution in [-0.2, 0) is 16.6 Å². The van der Waals surface area contributed by atoms with Gasteiger partial charge in [0.1, 0.15) is 4.90 Å². The monoisotopic (exact) mass is 433 g/mol. The molecule has 0 aromatic heterocycles. The van der Waals surface area contributed by atoms with Crippen molar-refractivity contribution in [1.29, 1.82) is 0 Å². The molecule has 1 amide bonds. The lowest BCUT2D eigenvalue weighted by molar-refractivity contribution is 0.0865. The van der Waals surface area contributed by atoms with Crippen LogP contribution in [-0.4, -0.2) is 18.6 Å². The minimum atomic E-state index is -3.81. The van der Waals surface area contributed by atoms with Crippen molar-refractivity contribution in [1.82, 2.24) is 4.31 Å². The Labute approximate surface area is 140 Å². The van der Waals surface area contributed by atoms with E-state index in [1.54, 1.807) is 36.4 Å². The zero-order chi connectivity index (χ0) is 15.2. The first-order chi connectivity index (χ1) is 9.91. The minimum Gasteiger partial charge on any atom is -0.268 e. The van der Waals surface area contributed by atoms with Gasteiger partial charge in [-0.05, 0) is 52.4 Å². The quantitative estimate of drug-likeness (QED) is 0.683. The summed E-state index contributed by atoms with van der Waals surface area (Å²) >= 11 is 8.06. The van der Waals surface area contributed by atoms with Crippen molar-refractivity contribution in [2.45, 2.75) is 11.4 Å². The van der Waals surface area contributed by atoms with Crippen molar-refractivity contribution in [2.24, 2.45) is 0 Å². The molecular formula is C14H9ClINO3S. The van der Waals surface area contributed by atoms with E-state index >= 15 is 0 Å². The summed E-state index contributed by atoms with van der Waals surface area (Å²) in [6, 6.07) is 11.6. The van der Waals surface area contributed by atoms with Gasteiger partial charge in [-0.25, -0.2) is 12.7 Å². The molecule has 0 radical (unpaired) electrons. The van der Waals surface area contributed by atoms with E-state index < -0.39 is 15.9 Å². The molecule has 1 heterocycles. The van der Waals surface area contributed by atoms with Gasteiger partial charge in [0, 0.05) is 8.59 Å². The second-order valence-electron chi connectivity index (χ2n) is 4.55. The van der Waals surface area contributed by atoms with Gasteiger partial charge in [0.2, 0.25) is 0 Å². The molecule has 0 bridgehead atoms. The van der Waals surface area contributed by atoms with Gasteiger partial charge in [0.15, 0.2) is 0 Å². The molecule has 0 aliphatic carbocycles. The van der Waals surface area contributed by atoms with Crippen LogP contribution in [0, 0.1) is 3.57 Å². The highest BCUT2D eigenvalue weighted by atomic mass is 127. The number of amides is 1. The fourth-order valence-corrected chi connectivity index (χ4v) is 4.66. The first-order valence-corrected chi connectivity index (χ1v) is 8.91. The van der Waals surface area contributed by atoms with E-state index in [2.05, 4.69) is 0 Å². The summed E-state index contributed by atoms with van der Waals surface area (Å²) in [4.78, 5) is 12.4. The Balaban J connectivity index is 2.07. The van der Waals surface area contributed by atoms with Gasteiger partial charge >= 0.3 is 0 Å². The lowest BCUT2D eigenvalue weighted by Gasteiger charge is -2.15. The molecule has 2 aromatic carbocycles. The second-order valence-corrected chi connectivity index (χ2v) is 8.03. The number of hydrogen-bond donors (Lipinski definition) is 0. The van der Waals surface area contributed by atoms with E-state index in [0.717, 1.165) is 7.88 Å². The molecular weight excluding hydrogens is 425 g/mol. The highest BCUT2D eigenvalue weighted by molar-refractivity contribution is 14.1. The Kier molecular flexibility index (Phi) is 3.71. The summed E-state index contributed by atoms with van der Waals surface area (Å²) in [5, 5.41) is 0.436. The molecule has 0 unspecified atom stereocenters. The van der Waals surface area contributed by atoms with Gasteiger partial charge in [0.05, 0.1) is 12.1 Å². The minimum absolute atomic E-state index is 0.0615. The molecule has 0 atom stereocenters. The van der Waals surface area contributed by atoms with Gasteiger partial charge in [-0.15, -0.1) is 0 Å². The fraction of sp³-hybridized carbons (Fsp3) is 0.0714. The summed E-state index contributed by atoms with van der Waals surface area (Å²) in [6.07, 6.45) is 0. The lowest BCUT2D eigenvalue weighted by atomic mass is 10.2. The number of carbonyl (C=O) groups excluding carboxylic acids is 1. The third kappa shape index (κ3) is 2.45. The number of hydrogen-bond acceptors (Lipinski definition) is 3. The van der Waals surface area contributed by atoms with E-state index in [1.165, 1.54) is 6.07 Å². The molecule has 4 nitrogen and oxygen atoms in total. The van der Waals surface area contributed by atoms with Crippen LogP contribution in [0.4, 0.5) is 0 Å². The average Bonchev–Trinajstić information content (AvgIpc) is 2.62. The smallest absolute Gasteiger partial charge is 0.268 e. The SMILES string of the molecule is O=C1c2ccc(I)cc2S(=O)(=O)N1Cc1ccccc1Cl. The predicted octanol–water partition coefficient (Wildman–Crippen LogP) is 3.29. The summed E-state index contributed by atoms with van der Waals surface area (Å²) in [7, 11) is -3.81. The van der Waals surface area contributed by atoms with Crippen LogP contribution in [0.3, 0.4) is 0 Å². The molecule has 0 saturated heterocycles. The molecule has 108 valence electrons. The van der Waals surface area contributed by atoms with Crippen LogP contribution in [0.1, 0.15) is 15.9 Å². The second kappa shape index (κ2) is 5.26. The Morgan fingerprint density at radius 2 is 1.86 bits per heavy atom. The first-order valence-electron chi connectivity index (χ1n) is 6.01. The van der Waals surface area contributed by atoms with Gasteiger partial charge in [-0.3, -0.25) is 4.79 Å². The molecule has 1 aliphatic rings. The molecule has 0 spiro atoms. The van der Waals surface area contributed by atoms with Gasteiger partial charge in [-0.1, -0.05) is 29.8 Å². The third-order valence-electron chi connectivity index (χ3n) is 3.24. The summed E-state index contributed by atoms with van der Waals surface area (Å²) < 4.78 is 26.7. The van der Waals surface area contributed by atoms with Crippen LogP contribution in [0.5, 0.6) is 0 Å². The van der Waals surface area contributed by atoms with Gasteiger partial charge < -0.3 is 0 Å². The number of nitrogens with zero attached hydrogens (tertiary/aromatic N) is 1. The maximum absolute atomic E-state index is 12.5. The zero-order valence-corrected chi connectivity index (χ0v) is 14.3. The average molecular weight is 434 g/mol. The molecule has 0 N–H and O–H groups in total. The normalized spacial score (nSPS) is 16.1. The van der Waals surface area contributed by atoms with Crippen molar-refractivity contribution in [3.05, 3.63) is 62.2 Å². The van der Waals surface area contributed by atoms with E-state index in [1.807, 2.05) is 22.6 Å². The molecule has 7 heteroatoms. The lowest BCUT2D eigenvalue weighted by Crippen LogP contribution is -2.29. The number of halogens is 2. The highest BCUT2D eigenvalue weighted by Gasteiger charge is 2.41. The topological polar surface area (TPSA) is 54.5 Å². The summed E-state index contributed by atoms with van der Waals surface area (Å²) in [5.41, 5.74) is 0.807. The van der Waals surface area contributed by atoms with Crippen LogP contribution < -0.4 is 0 Å². The van der Waals surface area contributed by atoms with Crippen LogP contribution in [0.2, 0.25) is 5.02 Å². The number of rotatable bonds is 2. The molecule has 21 heavy (non-hydrogen) atoms. The van der Waals surface area contributed by atoms with Crippen LogP contribution >= 0.6 is 34.2 Å². The molecule has 2 aromatic rings. The highest BCUT2D eigenvalue weighted by Crippen LogP contribution is 2.33. The first kappa shape index (κ1) is 14.8. The number of sulfonamides is 1. The number of fused-ring (bicyclic) bond motifs is 1. The Morgan fingerprint density at radius 1 is 1.14 bits per heavy atom. The molecule has 0 fully saturated rings. The largest absolute Gasteiger partial charge is 0.269 e. The van der Waals surface area contributed by atoms with Crippen LogP contribution in [0.15, 0.2) is 47.4 Å². The third-order valence-corrected chi connectivity index (χ3v) is 6.05. The van der Waals surface area contributed by atoms with Crippen molar-refractivity contribution < 1.29 is 13.2 Å². The number of carbonyl (C=O) groups is 1. The maximum Gasteiger partial charge on any atom is 0.269 e. The Bertz CT molecular complexity index is 851. The van der Waals surface area contributed by atoms with Gasteiger partial charge in [0.25, 0.3) is 15.9 Å². The summed E-state index contributed by atoms with van der Waals surface area (Å²) in [5.74, 6) is -0.513. The van der Waals surface area contributed by atoms with Crippen LogP contribution in [0.25, 0.3) is 0 Å². The van der Waals surface area contributed by atoms with Gasteiger partial charge in [-0.2, -0.15) is 0 Å². The molecule has 1 aliphatic heterocycles. The van der Waals surface area contributed by atoms with E-state index in [9.17, 15) is 13.2 Å². The predicted molar refractivity (Wildman–Crippen MR) is 87.7 cm³/mol. The van der Waals surface area contributed by atoms with E-state index in [-0.39, 0.29) is 17.0 Å². The Morgan fingerprint density at radius 3 is 2.57 bits per heavy atom. The Hall–Kier alpha value is -1.12. The standard InChI is InChI=1S/C14H9ClINO3S/c15-12-4-2-1-3-9(12)8-17-14(18)11-6-5-10(16)7-13(11)21(17,19)20/h1-7H,8H2. The van der Waals surface area contributed by atoms with Crippen molar-refractivity contribution >= 4 is 50.1 Å². The zero-order valence-electron chi connectivity index (χ0n) is 10.6. The summed E-state index contributed by atoms with van der Waals surface area (Å²) in [6.45, 7) is -0.0634. The van der Waals surface area contributed by atoms with Crippen molar-refractivity contribution in [3.8, 4) is 0 Å². The molecule has 3 rings (SSSR count). The fourth-order valence-electron chi connectivity index (χ4n) is 2.19. The van der Waals surface area contributed by atoms with E-state index in [4.69, 9.17) is 11.6 Å². The maximum atomic E-state index is 12.5.